The van der Waals surface area contributed by atoms with Crippen molar-refractivity contribution in [2.45, 2.75) is 25.8 Å². The maximum absolute atomic E-state index is 3.60. The summed E-state index contributed by atoms with van der Waals surface area (Å²) in [7, 11) is 0. The highest BCUT2D eigenvalue weighted by Crippen LogP contribution is 2.26. The van der Waals surface area contributed by atoms with Crippen LogP contribution in [0, 0.1) is 0 Å². The number of H-pyrrole nitrogens is 1. The lowest BCUT2D eigenvalue weighted by Gasteiger charge is -2.38. The SMILES string of the molecule is c1ccc(CN(c2cc3ccccc3[nH]2)N2CCCCC2)cc1. The van der Waals surface area contributed by atoms with E-state index in [9.17, 15) is 0 Å². The predicted octanol–water partition coefficient (Wildman–Crippen LogP) is 4.58. The second-order valence-corrected chi connectivity index (χ2v) is 6.30. The average Bonchev–Trinajstić information content (AvgIpc) is 3.05. The Morgan fingerprint density at radius 3 is 2.39 bits per heavy atom. The molecule has 0 radical (unpaired) electrons. The number of rotatable bonds is 4. The van der Waals surface area contributed by atoms with E-state index in [1.165, 1.54) is 41.5 Å². The van der Waals surface area contributed by atoms with Crippen molar-refractivity contribution in [3.8, 4) is 0 Å². The molecule has 0 amide bonds. The fourth-order valence-electron chi connectivity index (χ4n) is 3.41. The van der Waals surface area contributed by atoms with Gasteiger partial charge in [-0.25, -0.2) is 5.01 Å². The number of piperidine rings is 1. The highest BCUT2D eigenvalue weighted by atomic mass is 15.6. The first-order chi connectivity index (χ1) is 11.4. The van der Waals surface area contributed by atoms with Crippen LogP contribution >= 0.6 is 0 Å². The molecule has 1 saturated heterocycles. The number of nitrogens with zero attached hydrogens (tertiary/aromatic N) is 2. The van der Waals surface area contributed by atoms with Crippen molar-refractivity contribution in [1.29, 1.82) is 0 Å². The molecule has 1 aromatic heterocycles. The lowest BCUT2D eigenvalue weighted by Crippen LogP contribution is -2.45. The summed E-state index contributed by atoms with van der Waals surface area (Å²) in [6.45, 7) is 3.19. The van der Waals surface area contributed by atoms with Crippen LogP contribution in [0.4, 0.5) is 5.82 Å². The molecule has 1 aliphatic heterocycles. The lowest BCUT2D eigenvalue weighted by molar-refractivity contribution is 0.203. The second kappa shape index (κ2) is 6.47. The average molecular weight is 305 g/mol. The molecule has 0 spiro atoms. The van der Waals surface area contributed by atoms with E-state index in [0.717, 1.165) is 19.6 Å². The van der Waals surface area contributed by atoms with Crippen molar-refractivity contribution in [3.63, 3.8) is 0 Å². The van der Waals surface area contributed by atoms with Gasteiger partial charge in [0.05, 0.1) is 6.54 Å². The summed E-state index contributed by atoms with van der Waals surface area (Å²) in [6, 6.07) is 21.5. The first-order valence-corrected chi connectivity index (χ1v) is 8.54. The largest absolute Gasteiger partial charge is 0.340 e. The molecule has 118 valence electrons. The topological polar surface area (TPSA) is 22.3 Å². The molecule has 0 aliphatic carbocycles. The maximum atomic E-state index is 3.60. The van der Waals surface area contributed by atoms with E-state index >= 15 is 0 Å². The molecular weight excluding hydrogens is 282 g/mol. The fourth-order valence-corrected chi connectivity index (χ4v) is 3.41. The van der Waals surface area contributed by atoms with E-state index in [4.69, 9.17) is 0 Å². The van der Waals surface area contributed by atoms with Gasteiger partial charge in [0.25, 0.3) is 0 Å². The van der Waals surface area contributed by atoms with Crippen LogP contribution < -0.4 is 5.01 Å². The van der Waals surface area contributed by atoms with Crippen LogP contribution in [0.2, 0.25) is 0 Å². The molecule has 2 aromatic carbocycles. The highest BCUT2D eigenvalue weighted by molar-refractivity contribution is 5.83. The summed E-state index contributed by atoms with van der Waals surface area (Å²) in [5, 5.41) is 6.20. The van der Waals surface area contributed by atoms with Crippen molar-refractivity contribution in [2.75, 3.05) is 18.1 Å². The zero-order valence-corrected chi connectivity index (χ0v) is 13.4. The first kappa shape index (κ1) is 14.3. The number of nitrogens with one attached hydrogen (secondary N) is 1. The van der Waals surface area contributed by atoms with Gasteiger partial charge >= 0.3 is 0 Å². The molecule has 3 aromatic rings. The quantitative estimate of drug-likeness (QED) is 0.762. The summed E-state index contributed by atoms with van der Waals surface area (Å²) in [6.07, 6.45) is 3.92. The molecule has 0 saturated carbocycles. The summed E-state index contributed by atoms with van der Waals surface area (Å²) < 4.78 is 0. The minimum Gasteiger partial charge on any atom is -0.340 e. The Bertz CT molecular complexity index is 724. The van der Waals surface area contributed by atoms with Crippen molar-refractivity contribution in [1.82, 2.24) is 9.99 Å². The van der Waals surface area contributed by atoms with E-state index < -0.39 is 0 Å². The lowest BCUT2D eigenvalue weighted by atomic mass is 10.1. The van der Waals surface area contributed by atoms with Gasteiger partial charge in [0.15, 0.2) is 0 Å². The number of anilines is 1. The van der Waals surface area contributed by atoms with E-state index in [2.05, 4.69) is 75.7 Å². The van der Waals surface area contributed by atoms with Crippen molar-refractivity contribution >= 4 is 16.7 Å². The molecule has 0 atom stereocenters. The normalized spacial score (nSPS) is 15.8. The van der Waals surface area contributed by atoms with Crippen LogP contribution in [0.3, 0.4) is 0 Å². The van der Waals surface area contributed by atoms with Gasteiger partial charge < -0.3 is 4.98 Å². The third kappa shape index (κ3) is 3.10. The molecule has 3 heteroatoms. The van der Waals surface area contributed by atoms with Gasteiger partial charge in [-0.15, -0.1) is 0 Å². The van der Waals surface area contributed by atoms with Gasteiger partial charge in [-0.2, -0.15) is 0 Å². The number of aromatic nitrogens is 1. The Labute approximate surface area is 137 Å². The van der Waals surface area contributed by atoms with Crippen LogP contribution in [0.1, 0.15) is 24.8 Å². The Morgan fingerprint density at radius 2 is 1.61 bits per heavy atom. The standard InChI is InChI=1S/C20H23N3/c1-3-9-17(10-4-1)16-23(22-13-7-2-8-14-22)20-15-18-11-5-6-12-19(18)21-20/h1,3-6,9-12,15,21H,2,7-8,13-14,16H2. The summed E-state index contributed by atoms with van der Waals surface area (Å²) in [4.78, 5) is 3.60. The van der Waals surface area contributed by atoms with Gasteiger partial charge in [-0.1, -0.05) is 55.0 Å². The van der Waals surface area contributed by atoms with Gasteiger partial charge in [0.2, 0.25) is 0 Å². The number of hydrogen-bond acceptors (Lipinski definition) is 2. The number of para-hydroxylation sites is 1. The molecule has 2 heterocycles. The molecule has 23 heavy (non-hydrogen) atoms. The minimum atomic E-state index is 0.910. The summed E-state index contributed by atoms with van der Waals surface area (Å²) in [5.41, 5.74) is 2.55. The maximum Gasteiger partial charge on any atom is 0.121 e. The van der Waals surface area contributed by atoms with E-state index in [1.807, 2.05) is 0 Å². The zero-order valence-electron chi connectivity index (χ0n) is 13.4. The second-order valence-electron chi connectivity index (χ2n) is 6.30. The van der Waals surface area contributed by atoms with E-state index in [0.29, 0.717) is 0 Å². The molecular formula is C20H23N3. The Balaban J connectivity index is 1.68. The Hall–Kier alpha value is -2.26. The van der Waals surface area contributed by atoms with Crippen LogP contribution in [0.15, 0.2) is 60.7 Å². The summed E-state index contributed by atoms with van der Waals surface area (Å²) in [5.74, 6) is 1.19. The van der Waals surface area contributed by atoms with Gasteiger partial charge in [0, 0.05) is 24.0 Å². The smallest absolute Gasteiger partial charge is 0.121 e. The predicted molar refractivity (Wildman–Crippen MR) is 96.3 cm³/mol. The Kier molecular flexibility index (Phi) is 4.03. The van der Waals surface area contributed by atoms with Gasteiger partial charge in [-0.3, -0.25) is 5.01 Å². The third-order valence-electron chi connectivity index (χ3n) is 4.64. The fraction of sp³-hybridized carbons (Fsp3) is 0.300. The van der Waals surface area contributed by atoms with Crippen LogP contribution in [0.5, 0.6) is 0 Å². The van der Waals surface area contributed by atoms with Crippen LogP contribution in [-0.4, -0.2) is 23.1 Å². The van der Waals surface area contributed by atoms with Crippen molar-refractivity contribution in [3.05, 3.63) is 66.2 Å². The molecule has 4 rings (SSSR count). The third-order valence-corrected chi connectivity index (χ3v) is 4.64. The molecule has 1 N–H and O–H groups in total. The number of fused-ring (bicyclic) bond motifs is 1. The number of benzene rings is 2. The number of aromatic amines is 1. The zero-order chi connectivity index (χ0) is 15.5. The van der Waals surface area contributed by atoms with Crippen LogP contribution in [-0.2, 0) is 6.54 Å². The number of hydrogen-bond donors (Lipinski definition) is 1. The number of hydrazine groups is 1. The first-order valence-electron chi connectivity index (χ1n) is 8.54. The molecule has 0 unspecified atom stereocenters. The van der Waals surface area contributed by atoms with E-state index in [-0.39, 0.29) is 0 Å². The van der Waals surface area contributed by atoms with Gasteiger partial charge in [0.1, 0.15) is 5.82 Å². The Morgan fingerprint density at radius 1 is 0.870 bits per heavy atom. The highest BCUT2D eigenvalue weighted by Gasteiger charge is 2.20. The van der Waals surface area contributed by atoms with Crippen LogP contribution in [0.25, 0.3) is 10.9 Å². The minimum absolute atomic E-state index is 0.910. The molecule has 3 nitrogen and oxygen atoms in total. The monoisotopic (exact) mass is 305 g/mol. The van der Waals surface area contributed by atoms with Crippen molar-refractivity contribution in [2.24, 2.45) is 0 Å². The van der Waals surface area contributed by atoms with Crippen molar-refractivity contribution < 1.29 is 0 Å². The molecule has 1 fully saturated rings. The molecule has 1 aliphatic rings. The van der Waals surface area contributed by atoms with E-state index in [1.54, 1.807) is 0 Å². The van der Waals surface area contributed by atoms with Gasteiger partial charge in [-0.05, 0) is 30.5 Å². The summed E-state index contributed by atoms with van der Waals surface area (Å²) >= 11 is 0. The molecule has 0 bridgehead atoms.